The molecule has 0 saturated carbocycles. The van der Waals surface area contributed by atoms with Crippen LogP contribution in [0.3, 0.4) is 0 Å². The summed E-state index contributed by atoms with van der Waals surface area (Å²) in [4.78, 5) is 14.8. The summed E-state index contributed by atoms with van der Waals surface area (Å²) in [6.07, 6.45) is 3.24. The fourth-order valence-corrected chi connectivity index (χ4v) is 3.37. The van der Waals surface area contributed by atoms with Gasteiger partial charge in [0.25, 0.3) is 0 Å². The number of nitrogens with zero attached hydrogens (tertiary/aromatic N) is 1. The van der Waals surface area contributed by atoms with Gasteiger partial charge in [0.2, 0.25) is 5.91 Å². The second-order valence-electron chi connectivity index (χ2n) is 7.60. The first-order valence-corrected chi connectivity index (χ1v) is 9.15. The number of carbonyl (C=O) groups excluding carboxylic acids is 1. The first-order chi connectivity index (χ1) is 11.3. The molecule has 24 heavy (non-hydrogen) atoms. The van der Waals surface area contributed by atoms with Gasteiger partial charge in [-0.15, -0.1) is 0 Å². The Kier molecular flexibility index (Phi) is 6.41. The van der Waals surface area contributed by atoms with E-state index < -0.39 is 6.10 Å². The van der Waals surface area contributed by atoms with Crippen molar-refractivity contribution in [1.29, 1.82) is 0 Å². The van der Waals surface area contributed by atoms with Crippen molar-refractivity contribution >= 4 is 5.91 Å². The molecule has 1 aromatic rings. The number of rotatable bonds is 7. The fourth-order valence-electron chi connectivity index (χ4n) is 3.37. The lowest BCUT2D eigenvalue weighted by molar-refractivity contribution is -0.128. The minimum Gasteiger partial charge on any atom is -0.388 e. The molecule has 4 heteroatoms. The van der Waals surface area contributed by atoms with Crippen LogP contribution in [0, 0.1) is 0 Å². The van der Waals surface area contributed by atoms with E-state index in [0.29, 0.717) is 6.42 Å². The lowest BCUT2D eigenvalue weighted by Gasteiger charge is -2.34. The number of carbonyl (C=O) groups is 1. The van der Waals surface area contributed by atoms with Gasteiger partial charge in [-0.3, -0.25) is 9.69 Å². The summed E-state index contributed by atoms with van der Waals surface area (Å²) >= 11 is 0. The lowest BCUT2D eigenvalue weighted by Crippen LogP contribution is -2.53. The van der Waals surface area contributed by atoms with Gasteiger partial charge in [-0.2, -0.15) is 0 Å². The Balaban J connectivity index is 1.98. The Morgan fingerprint density at radius 3 is 2.67 bits per heavy atom. The van der Waals surface area contributed by atoms with Crippen LogP contribution in [0.25, 0.3) is 0 Å². The number of amides is 1. The van der Waals surface area contributed by atoms with Gasteiger partial charge in [-0.05, 0) is 58.6 Å². The molecule has 0 spiro atoms. The van der Waals surface area contributed by atoms with E-state index in [1.165, 1.54) is 0 Å². The second-order valence-corrected chi connectivity index (χ2v) is 7.60. The summed E-state index contributed by atoms with van der Waals surface area (Å²) in [5, 5.41) is 13.7. The molecule has 3 atom stereocenters. The molecule has 3 unspecified atom stereocenters. The van der Waals surface area contributed by atoms with Crippen molar-refractivity contribution in [1.82, 2.24) is 10.2 Å². The molecule has 1 aliphatic rings. The van der Waals surface area contributed by atoms with Crippen LogP contribution in [-0.4, -0.2) is 40.1 Å². The van der Waals surface area contributed by atoms with Gasteiger partial charge in [0.1, 0.15) is 0 Å². The zero-order valence-electron chi connectivity index (χ0n) is 15.5. The molecule has 0 bridgehead atoms. The van der Waals surface area contributed by atoms with E-state index in [-0.39, 0.29) is 23.5 Å². The number of aliphatic hydroxyl groups is 1. The van der Waals surface area contributed by atoms with Crippen LogP contribution in [0.1, 0.15) is 65.0 Å². The maximum atomic E-state index is 12.6. The molecule has 0 aromatic heterocycles. The molecule has 1 fully saturated rings. The van der Waals surface area contributed by atoms with Crippen molar-refractivity contribution in [2.75, 3.05) is 6.54 Å². The molecule has 1 aromatic carbocycles. The van der Waals surface area contributed by atoms with Gasteiger partial charge < -0.3 is 10.4 Å². The third-order valence-corrected chi connectivity index (χ3v) is 5.32. The van der Waals surface area contributed by atoms with Crippen LogP contribution < -0.4 is 5.32 Å². The van der Waals surface area contributed by atoms with Crippen molar-refractivity contribution in [2.45, 2.75) is 77.1 Å². The molecule has 1 heterocycles. The Morgan fingerprint density at radius 1 is 1.38 bits per heavy atom. The van der Waals surface area contributed by atoms with E-state index in [4.69, 9.17) is 0 Å². The monoisotopic (exact) mass is 332 g/mol. The third kappa shape index (κ3) is 4.81. The van der Waals surface area contributed by atoms with E-state index >= 15 is 0 Å². The quantitative estimate of drug-likeness (QED) is 0.806. The van der Waals surface area contributed by atoms with Crippen molar-refractivity contribution in [3.63, 3.8) is 0 Å². The van der Waals surface area contributed by atoms with Crippen LogP contribution in [-0.2, 0) is 4.79 Å². The van der Waals surface area contributed by atoms with Gasteiger partial charge in [0.15, 0.2) is 0 Å². The number of benzene rings is 1. The summed E-state index contributed by atoms with van der Waals surface area (Å²) < 4.78 is 0. The highest BCUT2D eigenvalue weighted by atomic mass is 16.3. The standard InChI is InChI=1S/C20H32N2O2/c1-5-20(3,4)21-19(24)15(2)22-13-9-12-17(22)14-18(23)16-10-7-6-8-11-16/h6-8,10-11,15,17-18,23H,5,9,12-14H2,1-4H3,(H,21,24). The molecule has 2 N–H and O–H groups in total. The first-order valence-electron chi connectivity index (χ1n) is 9.15. The average Bonchev–Trinajstić information content (AvgIpc) is 3.02. The molecule has 134 valence electrons. The Bertz CT molecular complexity index is 530. The Labute approximate surface area is 146 Å². The van der Waals surface area contributed by atoms with E-state index in [1.807, 2.05) is 37.3 Å². The summed E-state index contributed by atoms with van der Waals surface area (Å²) in [5.74, 6) is 0.0861. The fraction of sp³-hybridized carbons (Fsp3) is 0.650. The zero-order chi connectivity index (χ0) is 17.7. The summed E-state index contributed by atoms with van der Waals surface area (Å²) in [6.45, 7) is 9.10. The SMILES string of the molecule is CCC(C)(C)NC(=O)C(C)N1CCCC1CC(O)c1ccccc1. The molecule has 4 nitrogen and oxygen atoms in total. The van der Waals surface area contributed by atoms with Crippen molar-refractivity contribution in [2.24, 2.45) is 0 Å². The van der Waals surface area contributed by atoms with Gasteiger partial charge in [0, 0.05) is 11.6 Å². The molecule has 1 saturated heterocycles. The molecule has 1 amide bonds. The topological polar surface area (TPSA) is 52.6 Å². The van der Waals surface area contributed by atoms with E-state index in [9.17, 15) is 9.90 Å². The predicted molar refractivity (Wildman–Crippen MR) is 97.7 cm³/mol. The van der Waals surface area contributed by atoms with E-state index in [0.717, 1.165) is 31.4 Å². The Morgan fingerprint density at radius 2 is 2.04 bits per heavy atom. The zero-order valence-corrected chi connectivity index (χ0v) is 15.5. The van der Waals surface area contributed by atoms with Crippen molar-refractivity contribution in [3.05, 3.63) is 35.9 Å². The molecule has 0 radical (unpaired) electrons. The largest absolute Gasteiger partial charge is 0.388 e. The number of nitrogens with one attached hydrogen (secondary N) is 1. The second kappa shape index (κ2) is 8.13. The highest BCUT2D eigenvalue weighted by Crippen LogP contribution is 2.29. The molecule has 0 aliphatic carbocycles. The number of hydrogen-bond donors (Lipinski definition) is 2. The van der Waals surface area contributed by atoms with Gasteiger partial charge in [-0.25, -0.2) is 0 Å². The van der Waals surface area contributed by atoms with Crippen LogP contribution >= 0.6 is 0 Å². The Hall–Kier alpha value is -1.39. The minimum absolute atomic E-state index is 0.0861. The molecular weight excluding hydrogens is 300 g/mol. The van der Waals surface area contributed by atoms with Gasteiger partial charge >= 0.3 is 0 Å². The van der Waals surface area contributed by atoms with E-state index in [2.05, 4.69) is 31.0 Å². The highest BCUT2D eigenvalue weighted by molar-refractivity contribution is 5.82. The summed E-state index contributed by atoms with van der Waals surface area (Å²) in [5.41, 5.74) is 0.776. The molecule has 1 aliphatic heterocycles. The highest BCUT2D eigenvalue weighted by Gasteiger charge is 2.34. The minimum atomic E-state index is -0.473. The lowest BCUT2D eigenvalue weighted by atomic mass is 9.99. The van der Waals surface area contributed by atoms with Crippen LogP contribution in [0.4, 0.5) is 0 Å². The maximum absolute atomic E-state index is 12.6. The summed E-state index contributed by atoms with van der Waals surface area (Å²) in [6, 6.07) is 9.88. The summed E-state index contributed by atoms with van der Waals surface area (Å²) in [7, 11) is 0. The third-order valence-electron chi connectivity index (χ3n) is 5.32. The van der Waals surface area contributed by atoms with E-state index in [1.54, 1.807) is 0 Å². The van der Waals surface area contributed by atoms with Crippen molar-refractivity contribution in [3.8, 4) is 0 Å². The smallest absolute Gasteiger partial charge is 0.237 e. The average molecular weight is 332 g/mol. The number of aliphatic hydroxyl groups excluding tert-OH is 1. The van der Waals surface area contributed by atoms with Crippen LogP contribution in [0.15, 0.2) is 30.3 Å². The maximum Gasteiger partial charge on any atom is 0.237 e. The van der Waals surface area contributed by atoms with Crippen molar-refractivity contribution < 1.29 is 9.90 Å². The first kappa shape index (κ1) is 18.9. The number of likely N-dealkylation sites (tertiary alicyclic amines) is 1. The normalized spacial score (nSPS) is 21.5. The number of hydrogen-bond acceptors (Lipinski definition) is 3. The molecule has 2 rings (SSSR count). The van der Waals surface area contributed by atoms with Gasteiger partial charge in [-0.1, -0.05) is 37.3 Å². The predicted octanol–water partition coefficient (Wildman–Crippen LogP) is 3.27. The van der Waals surface area contributed by atoms with Crippen LogP contribution in [0.5, 0.6) is 0 Å². The molecular formula is C20H32N2O2. The van der Waals surface area contributed by atoms with Gasteiger partial charge in [0.05, 0.1) is 12.1 Å². The van der Waals surface area contributed by atoms with Crippen LogP contribution in [0.2, 0.25) is 0 Å².